The Kier molecular flexibility index (Phi) is 2.94. The van der Waals surface area contributed by atoms with Gasteiger partial charge in [-0.3, -0.25) is 0 Å². The third-order valence-corrected chi connectivity index (χ3v) is 3.75. The molecule has 1 N–H and O–H groups in total. The first-order valence-corrected chi connectivity index (χ1v) is 6.35. The van der Waals surface area contributed by atoms with Gasteiger partial charge in [-0.15, -0.1) is 0 Å². The molecule has 0 saturated carbocycles. The average Bonchev–Trinajstić information content (AvgIpc) is 2.41. The molecule has 1 aliphatic rings. The molecule has 2 aromatic rings. The summed E-state index contributed by atoms with van der Waals surface area (Å²) < 4.78 is 0. The number of hydrogen-bond donors (Lipinski definition) is 1. The highest BCUT2D eigenvalue weighted by Crippen LogP contribution is 2.40. The minimum absolute atomic E-state index is 0.0754. The summed E-state index contributed by atoms with van der Waals surface area (Å²) in [5, 5.41) is 11.2. The van der Waals surface area contributed by atoms with Crippen molar-refractivity contribution in [2.45, 2.75) is 12.0 Å². The van der Waals surface area contributed by atoms with Crippen molar-refractivity contribution in [2.24, 2.45) is 0 Å². The van der Waals surface area contributed by atoms with Gasteiger partial charge in [0.25, 0.3) is 0 Å². The Balaban J connectivity index is 2.06. The fraction of sp³-hybridized carbons (Fsp3) is 0.125. The molecule has 2 aromatic carbocycles. The van der Waals surface area contributed by atoms with Crippen molar-refractivity contribution in [3.63, 3.8) is 0 Å². The molecule has 0 aromatic heterocycles. The van der Waals surface area contributed by atoms with Gasteiger partial charge in [0.2, 0.25) is 0 Å². The fourth-order valence-electron chi connectivity index (χ4n) is 2.46. The van der Waals surface area contributed by atoms with E-state index in [0.29, 0.717) is 5.02 Å². The number of hydrogen-bond acceptors (Lipinski definition) is 1. The normalized spacial score (nSPS) is 21.7. The van der Waals surface area contributed by atoms with Crippen molar-refractivity contribution >= 4 is 17.7 Å². The first kappa shape index (κ1) is 11.5. The minimum Gasteiger partial charge on any atom is -0.387 e. The van der Waals surface area contributed by atoms with E-state index in [4.69, 9.17) is 11.6 Å². The molecule has 0 bridgehead atoms. The molecule has 0 fully saturated rings. The highest BCUT2D eigenvalue weighted by atomic mass is 35.5. The molecular formula is C16H13ClO. The van der Waals surface area contributed by atoms with Gasteiger partial charge in [0.1, 0.15) is 0 Å². The zero-order valence-electron chi connectivity index (χ0n) is 9.75. The summed E-state index contributed by atoms with van der Waals surface area (Å²) in [6.07, 6.45) is 3.54. The molecule has 0 aliphatic heterocycles. The van der Waals surface area contributed by atoms with Crippen molar-refractivity contribution in [1.82, 2.24) is 0 Å². The van der Waals surface area contributed by atoms with Crippen LogP contribution in [0, 0.1) is 0 Å². The van der Waals surface area contributed by atoms with E-state index >= 15 is 0 Å². The van der Waals surface area contributed by atoms with Gasteiger partial charge in [-0.2, -0.15) is 0 Å². The Hall–Kier alpha value is -1.57. The van der Waals surface area contributed by atoms with Gasteiger partial charge in [-0.25, -0.2) is 0 Å². The standard InChI is InChI=1S/C16H13ClO/c17-15-8-4-3-7-13(15)14-10-9-11-5-1-2-6-12(11)16(14)18/h1-10,14,16,18H/t14-,16-/m0/s1. The molecule has 1 nitrogen and oxygen atoms in total. The predicted molar refractivity (Wildman–Crippen MR) is 74.6 cm³/mol. The average molecular weight is 257 g/mol. The van der Waals surface area contributed by atoms with Crippen LogP contribution in [-0.2, 0) is 0 Å². The highest BCUT2D eigenvalue weighted by molar-refractivity contribution is 6.31. The minimum atomic E-state index is -0.536. The molecule has 0 amide bonds. The molecule has 0 heterocycles. The Labute approximate surface area is 111 Å². The summed E-state index contributed by atoms with van der Waals surface area (Å²) in [7, 11) is 0. The van der Waals surface area contributed by atoms with Crippen LogP contribution in [0.1, 0.15) is 28.7 Å². The lowest BCUT2D eigenvalue weighted by Gasteiger charge is -2.26. The second kappa shape index (κ2) is 4.60. The molecule has 2 heteroatoms. The Morgan fingerprint density at radius 1 is 0.889 bits per heavy atom. The molecule has 3 rings (SSSR count). The van der Waals surface area contributed by atoms with Gasteiger partial charge in [-0.05, 0) is 22.8 Å². The summed E-state index contributed by atoms with van der Waals surface area (Å²) in [6, 6.07) is 15.6. The lowest BCUT2D eigenvalue weighted by molar-refractivity contribution is 0.160. The van der Waals surface area contributed by atoms with Gasteiger partial charge >= 0.3 is 0 Å². The third-order valence-electron chi connectivity index (χ3n) is 3.40. The maximum absolute atomic E-state index is 10.5. The van der Waals surface area contributed by atoms with Crippen LogP contribution in [-0.4, -0.2) is 5.11 Å². The summed E-state index contributed by atoms with van der Waals surface area (Å²) in [5.74, 6) is -0.0754. The van der Waals surface area contributed by atoms with Crippen LogP contribution in [0.3, 0.4) is 0 Å². The lowest BCUT2D eigenvalue weighted by atomic mass is 9.83. The number of aliphatic hydroxyl groups is 1. The van der Waals surface area contributed by atoms with Crippen LogP contribution in [0.2, 0.25) is 5.02 Å². The van der Waals surface area contributed by atoms with E-state index in [0.717, 1.165) is 16.7 Å². The number of halogens is 1. The van der Waals surface area contributed by atoms with Crippen LogP contribution in [0.5, 0.6) is 0 Å². The zero-order chi connectivity index (χ0) is 12.5. The topological polar surface area (TPSA) is 20.2 Å². The molecule has 0 radical (unpaired) electrons. The summed E-state index contributed by atoms with van der Waals surface area (Å²) in [6.45, 7) is 0. The van der Waals surface area contributed by atoms with Crippen LogP contribution >= 0.6 is 11.6 Å². The highest BCUT2D eigenvalue weighted by Gasteiger charge is 2.26. The SMILES string of the molecule is O[C@H]1c2ccccc2C=C[C@H]1c1ccccc1Cl. The van der Waals surface area contributed by atoms with Gasteiger partial charge in [0.15, 0.2) is 0 Å². The van der Waals surface area contributed by atoms with Crippen LogP contribution in [0.4, 0.5) is 0 Å². The van der Waals surface area contributed by atoms with Gasteiger partial charge in [-0.1, -0.05) is 66.2 Å². The number of rotatable bonds is 1. The van der Waals surface area contributed by atoms with Crippen molar-refractivity contribution in [3.05, 3.63) is 76.3 Å². The molecule has 0 unspecified atom stereocenters. The first-order chi connectivity index (χ1) is 8.77. The van der Waals surface area contributed by atoms with Gasteiger partial charge in [0, 0.05) is 10.9 Å². The van der Waals surface area contributed by atoms with Gasteiger partial charge < -0.3 is 5.11 Å². The largest absolute Gasteiger partial charge is 0.387 e. The van der Waals surface area contributed by atoms with E-state index < -0.39 is 6.10 Å². The van der Waals surface area contributed by atoms with E-state index in [1.165, 1.54) is 0 Å². The van der Waals surface area contributed by atoms with Crippen LogP contribution < -0.4 is 0 Å². The second-order valence-corrected chi connectivity index (χ2v) is 4.89. The van der Waals surface area contributed by atoms with E-state index in [9.17, 15) is 5.11 Å². The van der Waals surface area contributed by atoms with Crippen molar-refractivity contribution in [3.8, 4) is 0 Å². The molecule has 0 spiro atoms. The van der Waals surface area contributed by atoms with Crippen LogP contribution in [0.25, 0.3) is 6.08 Å². The Bertz CT molecular complexity index is 604. The maximum atomic E-state index is 10.5. The molecule has 0 saturated heterocycles. The van der Waals surface area contributed by atoms with Gasteiger partial charge in [0.05, 0.1) is 6.10 Å². The number of aliphatic hydroxyl groups excluding tert-OH is 1. The molecule has 2 atom stereocenters. The summed E-state index contributed by atoms with van der Waals surface area (Å²) in [5.41, 5.74) is 3.01. The molecule has 18 heavy (non-hydrogen) atoms. The molecular weight excluding hydrogens is 244 g/mol. The number of benzene rings is 2. The van der Waals surface area contributed by atoms with Crippen molar-refractivity contribution < 1.29 is 5.11 Å². The van der Waals surface area contributed by atoms with Crippen molar-refractivity contribution in [2.75, 3.05) is 0 Å². The van der Waals surface area contributed by atoms with E-state index in [1.54, 1.807) is 0 Å². The monoisotopic (exact) mass is 256 g/mol. The fourth-order valence-corrected chi connectivity index (χ4v) is 2.72. The van der Waals surface area contributed by atoms with Crippen LogP contribution in [0.15, 0.2) is 54.6 Å². The Morgan fingerprint density at radius 3 is 2.33 bits per heavy atom. The number of fused-ring (bicyclic) bond motifs is 1. The molecule has 1 aliphatic carbocycles. The quantitative estimate of drug-likeness (QED) is 0.811. The van der Waals surface area contributed by atoms with E-state index in [1.807, 2.05) is 54.6 Å². The summed E-state index contributed by atoms with van der Waals surface area (Å²) >= 11 is 6.20. The summed E-state index contributed by atoms with van der Waals surface area (Å²) in [4.78, 5) is 0. The van der Waals surface area contributed by atoms with E-state index in [2.05, 4.69) is 6.08 Å². The van der Waals surface area contributed by atoms with E-state index in [-0.39, 0.29) is 5.92 Å². The smallest absolute Gasteiger partial charge is 0.0899 e. The first-order valence-electron chi connectivity index (χ1n) is 5.97. The second-order valence-electron chi connectivity index (χ2n) is 4.48. The zero-order valence-corrected chi connectivity index (χ0v) is 10.5. The molecule has 90 valence electrons. The maximum Gasteiger partial charge on any atom is 0.0899 e. The lowest BCUT2D eigenvalue weighted by Crippen LogP contribution is -2.13. The predicted octanol–water partition coefficient (Wildman–Crippen LogP) is 4.18. The Morgan fingerprint density at radius 2 is 1.56 bits per heavy atom. The van der Waals surface area contributed by atoms with Crippen molar-refractivity contribution in [1.29, 1.82) is 0 Å². The third kappa shape index (κ3) is 1.86.